The van der Waals surface area contributed by atoms with E-state index in [4.69, 9.17) is 14.2 Å². The van der Waals surface area contributed by atoms with Crippen molar-refractivity contribution in [3.8, 4) is 0 Å². The molecule has 1 N–H and O–H groups in total. The van der Waals surface area contributed by atoms with Crippen LogP contribution in [0, 0.1) is 0 Å². The average molecular weight is 667 g/mol. The van der Waals surface area contributed by atoms with Gasteiger partial charge in [0, 0.05) is 19.3 Å². The molecule has 0 bridgehead atoms. The van der Waals surface area contributed by atoms with E-state index in [0.717, 1.165) is 44.9 Å². The Bertz CT molecular complexity index is 834. The van der Waals surface area contributed by atoms with E-state index >= 15 is 0 Å². The number of aliphatic carboxylic acids is 1. The molecule has 0 fully saturated rings. The highest BCUT2D eigenvalue weighted by Gasteiger charge is 2.31. The number of carbonyl (C=O) groups excluding carboxylic acids is 2. The second kappa shape index (κ2) is 31.1. The molecule has 0 spiro atoms. The summed E-state index contributed by atoms with van der Waals surface area (Å²) < 4.78 is 17.1. The highest BCUT2D eigenvalue weighted by atomic mass is 16.6. The summed E-state index contributed by atoms with van der Waals surface area (Å²) in [5.41, 5.74) is 0. The minimum Gasteiger partial charge on any atom is -0.477 e. The Labute approximate surface area is 288 Å². The minimum atomic E-state index is -0.882. The number of esters is 2. The molecule has 0 aromatic heterocycles. The van der Waals surface area contributed by atoms with Gasteiger partial charge in [0.15, 0.2) is 12.1 Å². The van der Waals surface area contributed by atoms with Crippen molar-refractivity contribution in [3.63, 3.8) is 0 Å². The van der Waals surface area contributed by atoms with E-state index in [-0.39, 0.29) is 42.7 Å². The van der Waals surface area contributed by atoms with Gasteiger partial charge in [0.05, 0.1) is 34.4 Å². The number of hydrogen-bond acceptors (Lipinski definition) is 6. The van der Waals surface area contributed by atoms with Crippen LogP contribution in [-0.2, 0) is 28.6 Å². The van der Waals surface area contributed by atoms with E-state index in [1.54, 1.807) is 0 Å². The number of rotatable bonds is 33. The van der Waals surface area contributed by atoms with Crippen LogP contribution < -0.4 is 0 Å². The van der Waals surface area contributed by atoms with E-state index in [9.17, 15) is 19.5 Å². The number of ether oxygens (including phenoxy) is 3. The lowest BCUT2D eigenvalue weighted by Gasteiger charge is -2.31. The highest BCUT2D eigenvalue weighted by Crippen LogP contribution is 2.13. The lowest BCUT2D eigenvalue weighted by atomic mass is 10.1. The van der Waals surface area contributed by atoms with Gasteiger partial charge in [0.25, 0.3) is 0 Å². The Kier molecular flexibility index (Phi) is 29.7. The highest BCUT2D eigenvalue weighted by molar-refractivity contribution is 5.72. The summed E-state index contributed by atoms with van der Waals surface area (Å²) in [7, 11) is 5.50. The summed E-state index contributed by atoms with van der Waals surface area (Å²) in [4.78, 5) is 36.6. The van der Waals surface area contributed by atoms with Crippen molar-refractivity contribution in [1.82, 2.24) is 0 Å². The lowest BCUT2D eigenvalue weighted by Crippen LogP contribution is -2.50. The molecule has 0 aliphatic heterocycles. The third-order valence-electron chi connectivity index (χ3n) is 8.34. The number of carboxylic acid groups (broad SMARTS) is 1. The van der Waals surface area contributed by atoms with Crippen molar-refractivity contribution in [1.29, 1.82) is 0 Å². The maximum absolute atomic E-state index is 12.6. The Morgan fingerprint density at radius 3 is 1.66 bits per heavy atom. The van der Waals surface area contributed by atoms with Crippen LogP contribution >= 0.6 is 0 Å². The molecule has 0 radical (unpaired) electrons. The van der Waals surface area contributed by atoms with Gasteiger partial charge in [-0.3, -0.25) is 9.59 Å². The predicted octanol–water partition coefficient (Wildman–Crippen LogP) is 9.35. The standard InChI is InChI=1S/C39H71NO7/c1-6-8-10-12-14-15-16-17-18-19-20-21-22-24-26-28-30-38(42)47-35(33-45-32-31-36(39(43)44)40(3,4)5)34-46-37(41)29-27-25-23-13-11-9-7-2/h18-19,23,25,35-36H,6-17,20-22,24,26-34H2,1-5H3/p+1/b19-18+,25-23+. The quantitative estimate of drug-likeness (QED) is 0.0322. The van der Waals surface area contributed by atoms with E-state index in [0.29, 0.717) is 19.3 Å². The van der Waals surface area contributed by atoms with Gasteiger partial charge in [0.2, 0.25) is 0 Å². The summed E-state index contributed by atoms with van der Waals surface area (Å²) in [5, 5.41) is 9.56. The van der Waals surface area contributed by atoms with E-state index in [2.05, 4.69) is 32.1 Å². The maximum atomic E-state index is 12.6. The molecule has 2 unspecified atom stereocenters. The summed E-state index contributed by atoms with van der Waals surface area (Å²) in [6, 6.07) is -0.616. The molecule has 8 nitrogen and oxygen atoms in total. The summed E-state index contributed by atoms with van der Waals surface area (Å²) in [5.74, 6) is -1.55. The molecular formula is C39H72NO7+. The van der Waals surface area contributed by atoms with Gasteiger partial charge >= 0.3 is 17.9 Å². The maximum Gasteiger partial charge on any atom is 0.362 e. The fourth-order valence-corrected chi connectivity index (χ4v) is 5.34. The number of likely N-dealkylation sites (N-methyl/N-ethyl adjacent to an activating group) is 1. The molecule has 0 aromatic carbocycles. The van der Waals surface area contributed by atoms with E-state index in [1.165, 1.54) is 70.6 Å². The van der Waals surface area contributed by atoms with Crippen molar-refractivity contribution in [2.24, 2.45) is 0 Å². The predicted molar refractivity (Wildman–Crippen MR) is 192 cm³/mol. The van der Waals surface area contributed by atoms with Crippen LogP contribution in [0.2, 0.25) is 0 Å². The van der Waals surface area contributed by atoms with E-state index in [1.807, 2.05) is 27.2 Å². The number of hydrogen-bond donors (Lipinski definition) is 1. The zero-order chi connectivity index (χ0) is 35.0. The molecule has 274 valence electrons. The van der Waals surface area contributed by atoms with Gasteiger partial charge in [0.1, 0.15) is 6.61 Å². The average Bonchev–Trinajstić information content (AvgIpc) is 3.01. The molecule has 0 aliphatic rings. The monoisotopic (exact) mass is 667 g/mol. The zero-order valence-electron chi connectivity index (χ0n) is 31.0. The second-order valence-electron chi connectivity index (χ2n) is 13.8. The first-order chi connectivity index (χ1) is 22.6. The summed E-state index contributed by atoms with van der Waals surface area (Å²) >= 11 is 0. The molecule has 0 aromatic rings. The molecule has 0 saturated heterocycles. The number of allylic oxidation sites excluding steroid dienone is 4. The van der Waals surface area contributed by atoms with Crippen LogP contribution in [0.25, 0.3) is 0 Å². The zero-order valence-corrected chi connectivity index (χ0v) is 31.0. The van der Waals surface area contributed by atoms with Gasteiger partial charge in [-0.25, -0.2) is 4.79 Å². The van der Waals surface area contributed by atoms with Gasteiger partial charge in [-0.05, 0) is 51.4 Å². The van der Waals surface area contributed by atoms with Gasteiger partial charge in [-0.1, -0.05) is 109 Å². The number of nitrogens with zero attached hydrogens (tertiary/aromatic N) is 1. The smallest absolute Gasteiger partial charge is 0.362 e. The van der Waals surface area contributed by atoms with Crippen molar-refractivity contribution >= 4 is 17.9 Å². The number of unbranched alkanes of at least 4 members (excludes halogenated alkanes) is 15. The number of carbonyl (C=O) groups is 3. The topological polar surface area (TPSA) is 99.1 Å². The molecule has 0 amide bonds. The molecule has 0 heterocycles. The lowest BCUT2D eigenvalue weighted by molar-refractivity contribution is -0.887. The van der Waals surface area contributed by atoms with Crippen molar-refractivity contribution in [3.05, 3.63) is 24.3 Å². The Morgan fingerprint density at radius 2 is 1.11 bits per heavy atom. The normalized spacial score (nSPS) is 13.3. The third-order valence-corrected chi connectivity index (χ3v) is 8.34. The molecular weight excluding hydrogens is 594 g/mol. The molecule has 0 rings (SSSR count). The second-order valence-corrected chi connectivity index (χ2v) is 13.8. The first-order valence-electron chi connectivity index (χ1n) is 18.9. The fraction of sp³-hybridized carbons (Fsp3) is 0.821. The van der Waals surface area contributed by atoms with Crippen molar-refractivity contribution < 1.29 is 38.2 Å². The van der Waals surface area contributed by atoms with Crippen molar-refractivity contribution in [2.45, 2.75) is 167 Å². The van der Waals surface area contributed by atoms with Gasteiger partial charge in [-0.15, -0.1) is 0 Å². The molecule has 0 aliphatic carbocycles. The SMILES string of the molecule is CCCCC/C=C/CCC(=O)OCC(COCCC(C(=O)O)[N+](C)(C)C)OC(=O)CCCCCCC/C=C/CCCCCCCCC. The van der Waals surface area contributed by atoms with Crippen LogP contribution in [0.4, 0.5) is 0 Å². The molecule has 8 heteroatoms. The number of carboxylic acids is 1. The van der Waals surface area contributed by atoms with Crippen LogP contribution in [0.15, 0.2) is 24.3 Å². The molecule has 2 atom stereocenters. The first kappa shape index (κ1) is 44.8. The van der Waals surface area contributed by atoms with Crippen LogP contribution in [0.1, 0.15) is 155 Å². The van der Waals surface area contributed by atoms with Crippen LogP contribution in [-0.4, -0.2) is 80.6 Å². The Balaban J connectivity index is 4.39. The van der Waals surface area contributed by atoms with Crippen LogP contribution in [0.3, 0.4) is 0 Å². The minimum absolute atomic E-state index is 0.0479. The number of quaternary nitrogens is 1. The summed E-state index contributed by atoms with van der Waals surface area (Å²) in [6.07, 6.45) is 31.0. The van der Waals surface area contributed by atoms with Gasteiger partial charge < -0.3 is 23.8 Å². The first-order valence-corrected chi connectivity index (χ1v) is 18.9. The van der Waals surface area contributed by atoms with E-state index < -0.39 is 18.1 Å². The Morgan fingerprint density at radius 1 is 0.617 bits per heavy atom. The van der Waals surface area contributed by atoms with Gasteiger partial charge in [-0.2, -0.15) is 0 Å². The van der Waals surface area contributed by atoms with Crippen molar-refractivity contribution in [2.75, 3.05) is 41.0 Å². The Hall–Kier alpha value is -2.19. The molecule has 0 saturated carbocycles. The molecule has 47 heavy (non-hydrogen) atoms. The summed E-state index contributed by atoms with van der Waals surface area (Å²) in [6.45, 7) is 4.60. The largest absolute Gasteiger partial charge is 0.477 e. The van der Waals surface area contributed by atoms with Crippen LogP contribution in [0.5, 0.6) is 0 Å². The third kappa shape index (κ3) is 29.7. The fourth-order valence-electron chi connectivity index (χ4n) is 5.34.